The van der Waals surface area contributed by atoms with Crippen molar-refractivity contribution in [1.29, 1.82) is 0 Å². The molecule has 14 heavy (non-hydrogen) atoms. The molecule has 2 heteroatoms. The van der Waals surface area contributed by atoms with Gasteiger partial charge >= 0.3 is 0 Å². The lowest BCUT2D eigenvalue weighted by molar-refractivity contribution is -0.000859. The van der Waals surface area contributed by atoms with E-state index in [1.807, 2.05) is 37.3 Å². The van der Waals surface area contributed by atoms with Crippen molar-refractivity contribution in [2.45, 2.75) is 38.4 Å². The van der Waals surface area contributed by atoms with Crippen LogP contribution >= 0.6 is 0 Å². The Morgan fingerprint density at radius 1 is 1.29 bits per heavy atom. The Kier molecular flexibility index (Phi) is 3.67. The molecule has 0 spiro atoms. The number of aliphatic hydroxyl groups excluding tert-OH is 1. The summed E-state index contributed by atoms with van der Waals surface area (Å²) < 4.78 is 0. The number of hydrogen-bond donors (Lipinski definition) is 2. The molecule has 2 atom stereocenters. The van der Waals surface area contributed by atoms with Crippen molar-refractivity contribution in [3.63, 3.8) is 0 Å². The van der Waals surface area contributed by atoms with E-state index in [2.05, 4.69) is 0 Å². The van der Waals surface area contributed by atoms with Gasteiger partial charge < -0.3 is 10.2 Å². The maximum absolute atomic E-state index is 10.1. The molecule has 0 amide bonds. The number of benzene rings is 1. The third kappa shape index (κ3) is 2.82. The van der Waals surface area contributed by atoms with Gasteiger partial charge in [0, 0.05) is 6.42 Å². The molecular formula is C12H18O2. The Balaban J connectivity index is 2.75. The Bertz CT molecular complexity index is 267. The Morgan fingerprint density at radius 2 is 1.86 bits per heavy atom. The predicted octanol–water partition coefficient (Wildman–Crippen LogP) is 2.06. The third-order valence-electron chi connectivity index (χ3n) is 2.50. The van der Waals surface area contributed by atoms with Crippen LogP contribution in [0.2, 0.25) is 0 Å². The molecule has 0 aliphatic rings. The van der Waals surface area contributed by atoms with E-state index in [-0.39, 0.29) is 0 Å². The van der Waals surface area contributed by atoms with Crippen molar-refractivity contribution in [2.24, 2.45) is 0 Å². The summed E-state index contributed by atoms with van der Waals surface area (Å²) in [5.74, 6) is 0. The lowest BCUT2D eigenvalue weighted by Crippen LogP contribution is -2.27. The summed E-state index contributed by atoms with van der Waals surface area (Å²) in [4.78, 5) is 0. The molecule has 1 rings (SSSR count). The molecule has 0 saturated heterocycles. The van der Waals surface area contributed by atoms with Crippen LogP contribution in [0.25, 0.3) is 0 Å². The minimum absolute atomic E-state index is 0.382. The van der Waals surface area contributed by atoms with Crippen LogP contribution in [-0.4, -0.2) is 16.3 Å². The van der Waals surface area contributed by atoms with E-state index in [0.29, 0.717) is 12.8 Å². The number of hydrogen-bond acceptors (Lipinski definition) is 2. The van der Waals surface area contributed by atoms with Crippen LogP contribution in [0.15, 0.2) is 30.3 Å². The zero-order chi connectivity index (χ0) is 10.6. The fourth-order valence-electron chi connectivity index (χ4n) is 1.52. The van der Waals surface area contributed by atoms with Gasteiger partial charge in [-0.05, 0) is 18.9 Å². The molecule has 0 bridgehead atoms. The van der Waals surface area contributed by atoms with E-state index in [9.17, 15) is 10.2 Å². The molecule has 0 fully saturated rings. The summed E-state index contributed by atoms with van der Waals surface area (Å²) >= 11 is 0. The minimum Gasteiger partial charge on any atom is -0.393 e. The first kappa shape index (κ1) is 11.2. The fourth-order valence-corrected chi connectivity index (χ4v) is 1.52. The average molecular weight is 194 g/mol. The smallest absolute Gasteiger partial charge is 0.0893 e. The van der Waals surface area contributed by atoms with Crippen LogP contribution in [-0.2, 0) is 5.60 Å². The van der Waals surface area contributed by atoms with E-state index < -0.39 is 11.7 Å². The van der Waals surface area contributed by atoms with Crippen molar-refractivity contribution in [3.05, 3.63) is 35.9 Å². The third-order valence-corrected chi connectivity index (χ3v) is 2.50. The zero-order valence-electron chi connectivity index (χ0n) is 8.77. The molecule has 0 aromatic heterocycles. The summed E-state index contributed by atoms with van der Waals surface area (Å²) in [5, 5.41) is 19.6. The number of rotatable bonds is 4. The number of aliphatic hydroxyl groups is 2. The van der Waals surface area contributed by atoms with Gasteiger partial charge in [-0.1, -0.05) is 37.3 Å². The van der Waals surface area contributed by atoms with Crippen LogP contribution in [0.5, 0.6) is 0 Å². The molecule has 1 aromatic carbocycles. The summed E-state index contributed by atoms with van der Waals surface area (Å²) in [6.45, 7) is 3.65. The first-order valence-corrected chi connectivity index (χ1v) is 5.02. The molecule has 2 nitrogen and oxygen atoms in total. The summed E-state index contributed by atoms with van der Waals surface area (Å²) in [5.41, 5.74) is -0.0797. The summed E-state index contributed by atoms with van der Waals surface area (Å²) in [6.07, 6.45) is 0.612. The molecule has 0 radical (unpaired) electrons. The van der Waals surface area contributed by atoms with Crippen LogP contribution in [0.3, 0.4) is 0 Å². The fraction of sp³-hybridized carbons (Fsp3) is 0.500. The summed E-state index contributed by atoms with van der Waals surface area (Å²) in [6, 6.07) is 9.45. The molecule has 0 aliphatic heterocycles. The van der Waals surface area contributed by atoms with E-state index in [0.717, 1.165) is 5.56 Å². The van der Waals surface area contributed by atoms with Crippen LogP contribution in [0.4, 0.5) is 0 Å². The highest BCUT2D eigenvalue weighted by Gasteiger charge is 2.25. The highest BCUT2D eigenvalue weighted by atomic mass is 16.3. The molecule has 0 aliphatic carbocycles. The molecule has 0 heterocycles. The second-order valence-electron chi connectivity index (χ2n) is 3.91. The monoisotopic (exact) mass is 194 g/mol. The van der Waals surface area contributed by atoms with E-state index in [1.165, 1.54) is 0 Å². The quantitative estimate of drug-likeness (QED) is 0.770. The van der Waals surface area contributed by atoms with Gasteiger partial charge in [0.15, 0.2) is 0 Å². The standard InChI is InChI=1S/C12H18O2/c1-3-11(13)9-12(2,14)10-7-5-4-6-8-10/h4-8,11,13-14H,3,9H2,1-2H3. The molecule has 0 saturated carbocycles. The average Bonchev–Trinajstić information content (AvgIpc) is 2.18. The molecule has 78 valence electrons. The topological polar surface area (TPSA) is 40.5 Å². The van der Waals surface area contributed by atoms with Crippen LogP contribution in [0, 0.1) is 0 Å². The minimum atomic E-state index is -0.934. The summed E-state index contributed by atoms with van der Waals surface area (Å²) in [7, 11) is 0. The van der Waals surface area contributed by atoms with Crippen molar-refractivity contribution in [1.82, 2.24) is 0 Å². The van der Waals surface area contributed by atoms with Crippen molar-refractivity contribution >= 4 is 0 Å². The van der Waals surface area contributed by atoms with Gasteiger partial charge in [0.25, 0.3) is 0 Å². The zero-order valence-corrected chi connectivity index (χ0v) is 8.77. The predicted molar refractivity (Wildman–Crippen MR) is 56.9 cm³/mol. The Labute approximate surface area is 85.2 Å². The highest BCUT2D eigenvalue weighted by molar-refractivity contribution is 5.21. The van der Waals surface area contributed by atoms with E-state index in [1.54, 1.807) is 6.92 Å². The normalized spacial score (nSPS) is 17.4. The van der Waals surface area contributed by atoms with Gasteiger partial charge in [0.05, 0.1) is 11.7 Å². The van der Waals surface area contributed by atoms with Crippen molar-refractivity contribution < 1.29 is 10.2 Å². The molecule has 1 aromatic rings. The van der Waals surface area contributed by atoms with E-state index in [4.69, 9.17) is 0 Å². The molecule has 2 unspecified atom stereocenters. The first-order chi connectivity index (χ1) is 6.56. The van der Waals surface area contributed by atoms with E-state index >= 15 is 0 Å². The van der Waals surface area contributed by atoms with Crippen LogP contribution < -0.4 is 0 Å². The maximum atomic E-state index is 10.1. The van der Waals surface area contributed by atoms with Gasteiger partial charge in [-0.3, -0.25) is 0 Å². The van der Waals surface area contributed by atoms with Crippen molar-refractivity contribution in [2.75, 3.05) is 0 Å². The Hall–Kier alpha value is -0.860. The Morgan fingerprint density at radius 3 is 2.36 bits per heavy atom. The second-order valence-corrected chi connectivity index (χ2v) is 3.91. The second kappa shape index (κ2) is 4.58. The molecular weight excluding hydrogens is 176 g/mol. The largest absolute Gasteiger partial charge is 0.393 e. The van der Waals surface area contributed by atoms with Gasteiger partial charge in [-0.25, -0.2) is 0 Å². The first-order valence-electron chi connectivity index (χ1n) is 5.02. The molecule has 2 N–H and O–H groups in total. The van der Waals surface area contributed by atoms with Gasteiger partial charge in [0.2, 0.25) is 0 Å². The van der Waals surface area contributed by atoms with Crippen molar-refractivity contribution in [3.8, 4) is 0 Å². The maximum Gasteiger partial charge on any atom is 0.0893 e. The van der Waals surface area contributed by atoms with Crippen LogP contribution in [0.1, 0.15) is 32.3 Å². The van der Waals surface area contributed by atoms with Gasteiger partial charge in [-0.2, -0.15) is 0 Å². The van der Waals surface area contributed by atoms with Gasteiger partial charge in [0.1, 0.15) is 0 Å². The highest BCUT2D eigenvalue weighted by Crippen LogP contribution is 2.26. The van der Waals surface area contributed by atoms with Gasteiger partial charge in [-0.15, -0.1) is 0 Å². The lowest BCUT2D eigenvalue weighted by atomic mass is 9.89. The lowest BCUT2D eigenvalue weighted by Gasteiger charge is -2.26. The SMILES string of the molecule is CCC(O)CC(C)(O)c1ccccc1.